The second-order valence-electron chi connectivity index (χ2n) is 4.63. The Morgan fingerprint density at radius 2 is 2.06 bits per heavy atom. The summed E-state index contributed by atoms with van der Waals surface area (Å²) in [7, 11) is -3.24. The summed E-state index contributed by atoms with van der Waals surface area (Å²) in [5.41, 5.74) is 0.972. The maximum Gasteiger partial charge on any atom is 0.211 e. The predicted molar refractivity (Wildman–Crippen MR) is 72.1 cm³/mol. The Morgan fingerprint density at radius 1 is 1.39 bits per heavy atom. The second-order valence-corrected chi connectivity index (χ2v) is 7.11. The van der Waals surface area contributed by atoms with E-state index in [0.29, 0.717) is 18.9 Å². The minimum absolute atomic E-state index is 0.0688. The van der Waals surface area contributed by atoms with Gasteiger partial charge in [-0.2, -0.15) is 0 Å². The van der Waals surface area contributed by atoms with E-state index >= 15 is 0 Å². The Kier molecular flexibility index (Phi) is 4.59. The first-order chi connectivity index (χ1) is 8.57. The van der Waals surface area contributed by atoms with E-state index in [0.717, 1.165) is 18.4 Å². The van der Waals surface area contributed by atoms with Crippen molar-refractivity contribution in [3.05, 3.63) is 30.1 Å². The third-order valence-electron chi connectivity index (χ3n) is 3.04. The molecule has 6 heteroatoms. The van der Waals surface area contributed by atoms with Crippen molar-refractivity contribution in [2.75, 3.05) is 12.3 Å². The lowest BCUT2D eigenvalue weighted by Crippen LogP contribution is -2.33. The van der Waals surface area contributed by atoms with E-state index in [9.17, 15) is 8.42 Å². The van der Waals surface area contributed by atoms with E-state index in [4.69, 9.17) is 11.6 Å². The van der Waals surface area contributed by atoms with Crippen molar-refractivity contribution in [3.8, 4) is 0 Å². The molecule has 1 saturated carbocycles. The summed E-state index contributed by atoms with van der Waals surface area (Å²) in [4.78, 5) is 3.89. The number of hydrogen-bond donors (Lipinski definition) is 1. The smallest absolute Gasteiger partial charge is 0.211 e. The van der Waals surface area contributed by atoms with Gasteiger partial charge >= 0.3 is 0 Å². The Hall–Kier alpha value is -0.650. The molecule has 0 amide bonds. The first-order valence-corrected chi connectivity index (χ1v) is 8.16. The van der Waals surface area contributed by atoms with Crippen LogP contribution in [0.15, 0.2) is 24.5 Å². The molecule has 0 radical (unpaired) electrons. The van der Waals surface area contributed by atoms with Crippen molar-refractivity contribution in [1.29, 1.82) is 0 Å². The van der Waals surface area contributed by atoms with Crippen LogP contribution in [0.1, 0.15) is 18.4 Å². The minimum atomic E-state index is -3.24. The number of hydrogen-bond acceptors (Lipinski definition) is 3. The van der Waals surface area contributed by atoms with Gasteiger partial charge in [0.05, 0.1) is 5.75 Å². The second kappa shape index (κ2) is 5.99. The maximum absolute atomic E-state index is 11.8. The molecule has 1 N–H and O–H groups in total. The lowest BCUT2D eigenvalue weighted by Gasteiger charge is -2.10. The number of aryl methyl sites for hydroxylation is 1. The number of pyridine rings is 1. The zero-order chi connectivity index (χ0) is 13.0. The van der Waals surface area contributed by atoms with Gasteiger partial charge in [0.15, 0.2) is 0 Å². The highest BCUT2D eigenvalue weighted by atomic mass is 35.5. The van der Waals surface area contributed by atoms with Gasteiger partial charge in [0, 0.05) is 24.3 Å². The average Bonchev–Trinajstić information content (AvgIpc) is 3.19. The molecular formula is C12H17ClN2O2S. The summed E-state index contributed by atoms with van der Waals surface area (Å²) in [6.07, 6.45) is 6.06. The molecule has 2 rings (SSSR count). The van der Waals surface area contributed by atoms with Crippen LogP contribution >= 0.6 is 11.6 Å². The van der Waals surface area contributed by atoms with Gasteiger partial charge in [-0.1, -0.05) is 0 Å². The number of sulfonamides is 1. The van der Waals surface area contributed by atoms with E-state index in [1.165, 1.54) is 0 Å². The fourth-order valence-electron chi connectivity index (χ4n) is 1.70. The van der Waals surface area contributed by atoms with E-state index in [1.54, 1.807) is 12.4 Å². The molecule has 1 unspecified atom stereocenters. The standard InChI is InChI=1S/C12H17ClN2O2S/c13-12(11-1-2-11)9-15-18(16,17)8-5-10-3-6-14-7-4-10/h3-4,6-7,11-12,15H,1-2,5,8-9H2. The number of aromatic nitrogens is 1. The van der Waals surface area contributed by atoms with Crippen LogP contribution in [-0.4, -0.2) is 31.1 Å². The summed E-state index contributed by atoms with van der Waals surface area (Å²) in [5, 5.41) is -0.0688. The first kappa shape index (κ1) is 13.8. The van der Waals surface area contributed by atoms with Gasteiger partial charge in [0.2, 0.25) is 10.0 Å². The Morgan fingerprint density at radius 3 is 2.67 bits per heavy atom. The zero-order valence-corrected chi connectivity index (χ0v) is 11.6. The van der Waals surface area contributed by atoms with E-state index in [-0.39, 0.29) is 11.1 Å². The lowest BCUT2D eigenvalue weighted by molar-refractivity contribution is 0.575. The summed E-state index contributed by atoms with van der Waals surface area (Å²) in [5.74, 6) is 0.584. The third-order valence-corrected chi connectivity index (χ3v) is 4.90. The molecule has 18 heavy (non-hydrogen) atoms. The molecule has 100 valence electrons. The first-order valence-electron chi connectivity index (χ1n) is 6.07. The number of nitrogens with one attached hydrogen (secondary N) is 1. The monoisotopic (exact) mass is 288 g/mol. The quantitative estimate of drug-likeness (QED) is 0.775. The van der Waals surface area contributed by atoms with Crippen LogP contribution in [0.25, 0.3) is 0 Å². The summed E-state index contributed by atoms with van der Waals surface area (Å²) < 4.78 is 26.1. The van der Waals surface area contributed by atoms with Crippen molar-refractivity contribution >= 4 is 21.6 Å². The fourth-order valence-corrected chi connectivity index (χ4v) is 3.21. The molecule has 1 atom stereocenters. The molecule has 1 heterocycles. The number of rotatable bonds is 7. The van der Waals surface area contributed by atoms with Crippen molar-refractivity contribution in [1.82, 2.24) is 9.71 Å². The molecular weight excluding hydrogens is 272 g/mol. The Labute approximate surface area is 113 Å². The van der Waals surface area contributed by atoms with Crippen LogP contribution in [-0.2, 0) is 16.4 Å². The molecule has 0 aromatic carbocycles. The summed E-state index contributed by atoms with van der Waals surface area (Å²) in [6, 6.07) is 3.65. The van der Waals surface area contributed by atoms with Crippen molar-refractivity contribution in [2.45, 2.75) is 24.6 Å². The fraction of sp³-hybridized carbons (Fsp3) is 0.583. The Balaban J connectivity index is 1.76. The van der Waals surface area contributed by atoms with E-state index in [1.807, 2.05) is 12.1 Å². The summed E-state index contributed by atoms with van der Waals surface area (Å²) in [6.45, 7) is 0.338. The summed E-state index contributed by atoms with van der Waals surface area (Å²) >= 11 is 6.07. The number of nitrogens with zero attached hydrogens (tertiary/aromatic N) is 1. The van der Waals surface area contributed by atoms with Crippen molar-refractivity contribution in [2.24, 2.45) is 5.92 Å². The minimum Gasteiger partial charge on any atom is -0.265 e. The van der Waals surface area contributed by atoms with Crippen molar-refractivity contribution in [3.63, 3.8) is 0 Å². The number of halogens is 1. The lowest BCUT2D eigenvalue weighted by atomic mass is 10.2. The largest absolute Gasteiger partial charge is 0.265 e. The van der Waals surface area contributed by atoms with Gasteiger partial charge in [-0.25, -0.2) is 13.1 Å². The zero-order valence-electron chi connectivity index (χ0n) is 10.0. The molecule has 0 bridgehead atoms. The molecule has 4 nitrogen and oxygen atoms in total. The SMILES string of the molecule is O=S(=O)(CCc1ccncc1)NCC(Cl)C1CC1. The molecule has 1 aliphatic rings. The van der Waals surface area contributed by atoms with Gasteiger partial charge in [-0.3, -0.25) is 4.98 Å². The molecule has 1 aromatic rings. The van der Waals surface area contributed by atoms with Gasteiger partial charge in [-0.15, -0.1) is 11.6 Å². The van der Waals surface area contributed by atoms with Gasteiger partial charge in [0.25, 0.3) is 0 Å². The van der Waals surface area contributed by atoms with Crippen LogP contribution in [0.5, 0.6) is 0 Å². The van der Waals surface area contributed by atoms with Crippen molar-refractivity contribution < 1.29 is 8.42 Å². The van der Waals surface area contributed by atoms with Crippen LogP contribution in [0.3, 0.4) is 0 Å². The molecule has 1 aliphatic carbocycles. The van der Waals surface area contributed by atoms with Gasteiger partial charge in [0.1, 0.15) is 0 Å². The molecule has 1 fully saturated rings. The molecule has 1 aromatic heterocycles. The maximum atomic E-state index is 11.8. The van der Waals surface area contributed by atoms with E-state index in [2.05, 4.69) is 9.71 Å². The average molecular weight is 289 g/mol. The molecule has 0 spiro atoms. The topological polar surface area (TPSA) is 59.1 Å². The normalized spacial score (nSPS) is 17.6. The van der Waals surface area contributed by atoms with E-state index < -0.39 is 10.0 Å². The van der Waals surface area contributed by atoms with Crippen LogP contribution in [0, 0.1) is 5.92 Å². The van der Waals surface area contributed by atoms with Gasteiger partial charge < -0.3 is 0 Å². The predicted octanol–water partition coefficient (Wildman–Crippen LogP) is 1.56. The van der Waals surface area contributed by atoms with Crippen LogP contribution in [0.2, 0.25) is 0 Å². The third kappa shape index (κ3) is 4.55. The number of alkyl halides is 1. The van der Waals surface area contributed by atoms with Crippen LogP contribution in [0.4, 0.5) is 0 Å². The Bertz CT molecular complexity index is 474. The molecule has 0 saturated heterocycles. The highest BCUT2D eigenvalue weighted by Gasteiger charge is 2.30. The van der Waals surface area contributed by atoms with Gasteiger partial charge in [-0.05, 0) is 42.9 Å². The van der Waals surface area contributed by atoms with Crippen LogP contribution < -0.4 is 4.72 Å². The molecule has 0 aliphatic heterocycles. The highest BCUT2D eigenvalue weighted by molar-refractivity contribution is 7.89. The highest BCUT2D eigenvalue weighted by Crippen LogP contribution is 2.35.